The van der Waals surface area contributed by atoms with Crippen molar-refractivity contribution in [2.75, 3.05) is 32.7 Å². The Hall–Kier alpha value is -2.29. The van der Waals surface area contributed by atoms with Crippen LogP contribution in [0, 0.1) is 18.7 Å². The van der Waals surface area contributed by atoms with Gasteiger partial charge in [0.15, 0.2) is 0 Å². The number of aryl methyl sites for hydroxylation is 1. The van der Waals surface area contributed by atoms with Gasteiger partial charge in [0.1, 0.15) is 10.6 Å². The average Bonchev–Trinajstić information content (AvgIpc) is 3.34. The minimum atomic E-state index is -0.276. The van der Waals surface area contributed by atoms with Crippen LogP contribution in [0.3, 0.4) is 0 Å². The second-order valence-corrected chi connectivity index (χ2v) is 10.5. The number of halogens is 1. The number of thiophene rings is 1. The second-order valence-electron chi connectivity index (χ2n) is 9.51. The predicted molar refractivity (Wildman–Crippen MR) is 129 cm³/mol. The lowest BCUT2D eigenvalue weighted by Crippen LogP contribution is -2.48. The number of ether oxygens (including phenoxy) is 1. The molecule has 2 unspecified atom stereocenters. The van der Waals surface area contributed by atoms with E-state index in [9.17, 15) is 9.18 Å². The molecular weight excluding hydrogens is 439 g/mol. The summed E-state index contributed by atoms with van der Waals surface area (Å²) < 4.78 is 21.0. The van der Waals surface area contributed by atoms with Crippen LogP contribution in [0.4, 0.5) is 4.39 Å². The average molecular weight is 471 g/mol. The van der Waals surface area contributed by atoms with E-state index in [-0.39, 0.29) is 23.9 Å². The van der Waals surface area contributed by atoms with Crippen LogP contribution in [0.25, 0.3) is 15.9 Å². The molecule has 2 aromatic heterocycles. The Labute approximate surface area is 197 Å². The third kappa shape index (κ3) is 4.69. The number of nitrogens with zero attached hydrogens (tertiary/aromatic N) is 4. The molecule has 1 amide bonds. The lowest BCUT2D eigenvalue weighted by atomic mass is 9.95. The monoisotopic (exact) mass is 470 g/mol. The van der Waals surface area contributed by atoms with Gasteiger partial charge in [0, 0.05) is 38.1 Å². The van der Waals surface area contributed by atoms with Crippen molar-refractivity contribution in [2.45, 2.75) is 45.8 Å². The lowest BCUT2D eigenvalue weighted by molar-refractivity contribution is -0.0728. The molecule has 2 aliphatic heterocycles. The van der Waals surface area contributed by atoms with Crippen molar-refractivity contribution < 1.29 is 13.9 Å². The van der Waals surface area contributed by atoms with E-state index in [0.29, 0.717) is 5.92 Å². The number of morpholine rings is 1. The van der Waals surface area contributed by atoms with Gasteiger partial charge < -0.3 is 9.64 Å². The Kier molecular flexibility index (Phi) is 6.24. The topological polar surface area (TPSA) is 50.6 Å². The van der Waals surface area contributed by atoms with Crippen molar-refractivity contribution in [3.05, 3.63) is 46.7 Å². The van der Waals surface area contributed by atoms with Gasteiger partial charge in [-0.05, 0) is 69.9 Å². The van der Waals surface area contributed by atoms with E-state index >= 15 is 0 Å². The highest BCUT2D eigenvalue weighted by molar-refractivity contribution is 7.20. The van der Waals surface area contributed by atoms with Gasteiger partial charge in [-0.2, -0.15) is 5.10 Å². The maximum atomic E-state index is 13.3. The number of amides is 1. The van der Waals surface area contributed by atoms with E-state index in [1.165, 1.54) is 23.5 Å². The molecule has 0 N–H and O–H groups in total. The highest BCUT2D eigenvalue weighted by atomic mass is 32.1. The smallest absolute Gasteiger partial charge is 0.264 e. The van der Waals surface area contributed by atoms with Crippen LogP contribution in [-0.2, 0) is 4.74 Å². The molecule has 6 nitrogen and oxygen atoms in total. The van der Waals surface area contributed by atoms with Crippen LogP contribution in [0.15, 0.2) is 30.3 Å². The molecule has 0 bridgehead atoms. The normalized spacial score (nSPS) is 22.8. The molecule has 0 aliphatic carbocycles. The number of piperidine rings is 1. The summed E-state index contributed by atoms with van der Waals surface area (Å²) in [6, 6.07) is 8.25. The summed E-state index contributed by atoms with van der Waals surface area (Å²) in [6.07, 6.45) is 2.66. The first-order valence-electron chi connectivity index (χ1n) is 11.8. The van der Waals surface area contributed by atoms with Gasteiger partial charge in [0.2, 0.25) is 0 Å². The van der Waals surface area contributed by atoms with Crippen LogP contribution >= 0.6 is 11.3 Å². The first-order valence-corrected chi connectivity index (χ1v) is 12.6. The van der Waals surface area contributed by atoms with E-state index < -0.39 is 0 Å². The molecule has 5 rings (SSSR count). The van der Waals surface area contributed by atoms with Crippen molar-refractivity contribution >= 4 is 27.5 Å². The van der Waals surface area contributed by atoms with Crippen molar-refractivity contribution in [2.24, 2.45) is 5.92 Å². The number of fused-ring (bicyclic) bond motifs is 1. The van der Waals surface area contributed by atoms with Gasteiger partial charge in [0.05, 0.1) is 28.5 Å². The van der Waals surface area contributed by atoms with Crippen molar-refractivity contribution in [3.8, 4) is 5.69 Å². The fourth-order valence-electron chi connectivity index (χ4n) is 5.18. The van der Waals surface area contributed by atoms with Crippen LogP contribution in [-0.4, -0.2) is 70.4 Å². The zero-order valence-corrected chi connectivity index (χ0v) is 20.3. The molecule has 2 fully saturated rings. The molecule has 2 atom stereocenters. The third-order valence-corrected chi connectivity index (χ3v) is 7.84. The van der Waals surface area contributed by atoms with Crippen molar-refractivity contribution in [3.63, 3.8) is 0 Å². The molecule has 33 heavy (non-hydrogen) atoms. The molecule has 0 spiro atoms. The molecule has 2 saturated heterocycles. The van der Waals surface area contributed by atoms with E-state index in [1.54, 1.807) is 12.1 Å². The lowest BCUT2D eigenvalue weighted by Gasteiger charge is -2.39. The predicted octanol–water partition coefficient (Wildman–Crippen LogP) is 4.50. The van der Waals surface area contributed by atoms with Gasteiger partial charge in [-0.1, -0.05) is 0 Å². The van der Waals surface area contributed by atoms with Gasteiger partial charge in [0.25, 0.3) is 5.91 Å². The Morgan fingerprint density at radius 1 is 1.15 bits per heavy atom. The highest BCUT2D eigenvalue weighted by Gasteiger charge is 2.29. The Morgan fingerprint density at radius 2 is 1.82 bits per heavy atom. The first kappa shape index (κ1) is 22.5. The molecule has 8 heteroatoms. The Morgan fingerprint density at radius 3 is 2.48 bits per heavy atom. The summed E-state index contributed by atoms with van der Waals surface area (Å²) in [5.74, 6) is 0.457. The molecule has 1 aromatic carbocycles. The third-order valence-electron chi connectivity index (χ3n) is 6.74. The summed E-state index contributed by atoms with van der Waals surface area (Å²) in [5.41, 5.74) is 1.67. The SMILES string of the molecule is Cc1nn(-c2ccc(F)cc2)c2sc(C(=O)N3CCC(CN4CC(C)OC(C)C4)CC3)cc12. The number of hydrogen-bond donors (Lipinski definition) is 0. The number of carbonyl (C=O) groups is 1. The zero-order valence-electron chi connectivity index (χ0n) is 19.5. The number of likely N-dealkylation sites (tertiary alicyclic amines) is 1. The van der Waals surface area contributed by atoms with Crippen LogP contribution in [0.1, 0.15) is 42.1 Å². The summed E-state index contributed by atoms with van der Waals surface area (Å²) in [4.78, 5) is 19.5. The first-order chi connectivity index (χ1) is 15.9. The highest BCUT2D eigenvalue weighted by Crippen LogP contribution is 2.32. The summed E-state index contributed by atoms with van der Waals surface area (Å²) in [6.45, 7) is 10.9. The van der Waals surface area contributed by atoms with Gasteiger partial charge >= 0.3 is 0 Å². The fraction of sp³-hybridized carbons (Fsp3) is 0.520. The zero-order chi connectivity index (χ0) is 23.1. The summed E-state index contributed by atoms with van der Waals surface area (Å²) in [5, 5.41) is 5.59. The van der Waals surface area contributed by atoms with Crippen LogP contribution in [0.5, 0.6) is 0 Å². The Bertz CT molecular complexity index is 1120. The summed E-state index contributed by atoms with van der Waals surface area (Å²) in [7, 11) is 0. The quantitative estimate of drug-likeness (QED) is 0.564. The number of benzene rings is 1. The minimum Gasteiger partial charge on any atom is -0.373 e. The van der Waals surface area contributed by atoms with Gasteiger partial charge in [-0.25, -0.2) is 9.07 Å². The molecule has 176 valence electrons. The minimum absolute atomic E-state index is 0.105. The molecule has 4 heterocycles. The maximum absolute atomic E-state index is 13.3. The summed E-state index contributed by atoms with van der Waals surface area (Å²) >= 11 is 1.47. The van der Waals surface area contributed by atoms with Crippen LogP contribution < -0.4 is 0 Å². The van der Waals surface area contributed by atoms with E-state index in [4.69, 9.17) is 4.74 Å². The maximum Gasteiger partial charge on any atom is 0.264 e. The number of rotatable bonds is 4. The largest absolute Gasteiger partial charge is 0.373 e. The molecule has 0 saturated carbocycles. The standard InChI is InChI=1S/C25H31FN4O2S/c1-16-13-28(14-17(2)32-16)15-19-8-10-29(11-9-19)24(31)23-12-22-18(3)27-30(25(22)33-23)21-6-4-20(26)5-7-21/h4-7,12,16-17,19H,8-11,13-15H2,1-3H3. The van der Waals surface area contributed by atoms with Crippen LogP contribution in [0.2, 0.25) is 0 Å². The van der Waals surface area contributed by atoms with Crippen molar-refractivity contribution in [1.29, 1.82) is 0 Å². The number of carbonyl (C=O) groups excluding carboxylic acids is 1. The second kappa shape index (κ2) is 9.16. The fourth-order valence-corrected chi connectivity index (χ4v) is 6.33. The van der Waals surface area contributed by atoms with Crippen molar-refractivity contribution in [1.82, 2.24) is 19.6 Å². The Balaban J connectivity index is 1.25. The van der Waals surface area contributed by atoms with E-state index in [2.05, 4.69) is 23.8 Å². The van der Waals surface area contributed by atoms with E-state index in [0.717, 1.165) is 72.0 Å². The number of hydrogen-bond acceptors (Lipinski definition) is 5. The van der Waals surface area contributed by atoms with Gasteiger partial charge in [-0.3, -0.25) is 9.69 Å². The molecule has 2 aliphatic rings. The van der Waals surface area contributed by atoms with E-state index in [1.807, 2.05) is 22.6 Å². The van der Waals surface area contributed by atoms with Gasteiger partial charge in [-0.15, -0.1) is 11.3 Å². The molecule has 0 radical (unpaired) electrons. The molecule has 3 aromatic rings. The number of aromatic nitrogens is 2. The molecular formula is C25H31FN4O2S.